The molecule has 0 aromatic heterocycles. The first-order chi connectivity index (χ1) is 9.54. The van der Waals surface area contributed by atoms with Crippen molar-refractivity contribution in [3.05, 3.63) is 23.8 Å². The Labute approximate surface area is 121 Å². The molecule has 0 aliphatic carbocycles. The van der Waals surface area contributed by atoms with Crippen LogP contribution in [0.3, 0.4) is 0 Å². The van der Waals surface area contributed by atoms with Gasteiger partial charge in [0.1, 0.15) is 0 Å². The normalized spacial score (nSPS) is 12.0. The standard InChI is InChI=1S/C15H25N3O2/c1-5-17-15(19)12-7-8-13(16)14(9-12)18(6-2)11(3)10-20-4/h7-9,11H,5-6,10,16H2,1-4H3,(H,17,19). The molecule has 5 heteroatoms. The second-order valence-electron chi connectivity index (χ2n) is 4.72. The molecule has 112 valence electrons. The van der Waals surface area contributed by atoms with Crippen LogP contribution in [-0.4, -0.2) is 38.8 Å². The number of anilines is 2. The smallest absolute Gasteiger partial charge is 0.251 e. The molecule has 0 saturated heterocycles. The Balaban J connectivity index is 3.08. The summed E-state index contributed by atoms with van der Waals surface area (Å²) in [6.07, 6.45) is 0. The molecule has 0 bridgehead atoms. The van der Waals surface area contributed by atoms with Gasteiger partial charge < -0.3 is 20.7 Å². The minimum absolute atomic E-state index is 0.0794. The van der Waals surface area contributed by atoms with Crippen LogP contribution in [0.15, 0.2) is 18.2 Å². The van der Waals surface area contributed by atoms with E-state index in [4.69, 9.17) is 10.5 Å². The second-order valence-corrected chi connectivity index (χ2v) is 4.72. The van der Waals surface area contributed by atoms with E-state index < -0.39 is 0 Å². The molecule has 1 amide bonds. The Hall–Kier alpha value is -1.75. The van der Waals surface area contributed by atoms with Crippen molar-refractivity contribution in [3.8, 4) is 0 Å². The van der Waals surface area contributed by atoms with Crippen LogP contribution < -0.4 is 16.0 Å². The molecule has 5 nitrogen and oxygen atoms in total. The maximum absolute atomic E-state index is 11.9. The number of nitrogens with one attached hydrogen (secondary N) is 1. The maximum atomic E-state index is 11.9. The highest BCUT2D eigenvalue weighted by Crippen LogP contribution is 2.26. The van der Waals surface area contributed by atoms with E-state index in [9.17, 15) is 4.79 Å². The number of hydrogen-bond donors (Lipinski definition) is 2. The van der Waals surface area contributed by atoms with E-state index in [0.29, 0.717) is 24.4 Å². The molecule has 20 heavy (non-hydrogen) atoms. The number of carbonyl (C=O) groups is 1. The lowest BCUT2D eigenvalue weighted by molar-refractivity contribution is 0.0956. The fourth-order valence-electron chi connectivity index (χ4n) is 2.25. The topological polar surface area (TPSA) is 67.6 Å². The van der Waals surface area contributed by atoms with Gasteiger partial charge in [-0.25, -0.2) is 0 Å². The van der Waals surface area contributed by atoms with E-state index in [-0.39, 0.29) is 11.9 Å². The number of ether oxygens (including phenoxy) is 1. The molecule has 1 unspecified atom stereocenters. The summed E-state index contributed by atoms with van der Waals surface area (Å²) in [6.45, 7) is 8.05. The van der Waals surface area contributed by atoms with E-state index in [2.05, 4.69) is 24.1 Å². The molecule has 0 aliphatic rings. The Morgan fingerprint density at radius 3 is 2.70 bits per heavy atom. The molecule has 0 heterocycles. The number of hydrogen-bond acceptors (Lipinski definition) is 4. The molecule has 1 atom stereocenters. The van der Waals surface area contributed by atoms with Crippen LogP contribution in [0.1, 0.15) is 31.1 Å². The summed E-state index contributed by atoms with van der Waals surface area (Å²) in [5, 5.41) is 2.80. The lowest BCUT2D eigenvalue weighted by atomic mass is 10.1. The third-order valence-electron chi connectivity index (χ3n) is 3.22. The van der Waals surface area contributed by atoms with Crippen LogP contribution in [0.2, 0.25) is 0 Å². The summed E-state index contributed by atoms with van der Waals surface area (Å²) in [5.41, 5.74) is 8.23. The Morgan fingerprint density at radius 1 is 1.45 bits per heavy atom. The molecule has 0 aliphatic heterocycles. The molecule has 0 radical (unpaired) electrons. The van der Waals surface area contributed by atoms with Gasteiger partial charge >= 0.3 is 0 Å². The zero-order valence-electron chi connectivity index (χ0n) is 12.8. The van der Waals surface area contributed by atoms with Gasteiger partial charge in [-0.2, -0.15) is 0 Å². The molecule has 0 fully saturated rings. The molecule has 0 saturated carbocycles. The van der Waals surface area contributed by atoms with Gasteiger partial charge in [0.25, 0.3) is 5.91 Å². The van der Waals surface area contributed by atoms with Gasteiger partial charge in [0.2, 0.25) is 0 Å². The highest BCUT2D eigenvalue weighted by molar-refractivity contribution is 5.96. The van der Waals surface area contributed by atoms with Gasteiger partial charge in [0, 0.05) is 31.8 Å². The number of nitrogens with zero attached hydrogens (tertiary/aromatic N) is 1. The van der Waals surface area contributed by atoms with E-state index >= 15 is 0 Å². The maximum Gasteiger partial charge on any atom is 0.251 e. The number of nitrogen functional groups attached to an aromatic ring is 1. The molecule has 1 aromatic rings. The van der Waals surface area contributed by atoms with Crippen molar-refractivity contribution >= 4 is 17.3 Å². The van der Waals surface area contributed by atoms with Crippen LogP contribution in [0.4, 0.5) is 11.4 Å². The highest BCUT2D eigenvalue weighted by atomic mass is 16.5. The molecule has 3 N–H and O–H groups in total. The van der Waals surface area contributed by atoms with Gasteiger partial charge in [0.15, 0.2) is 0 Å². The molecule has 0 spiro atoms. The first-order valence-electron chi connectivity index (χ1n) is 6.98. The Bertz CT molecular complexity index is 449. The molecule has 1 aromatic carbocycles. The third-order valence-corrected chi connectivity index (χ3v) is 3.22. The van der Waals surface area contributed by atoms with Crippen molar-refractivity contribution in [2.45, 2.75) is 26.8 Å². The predicted molar refractivity (Wildman–Crippen MR) is 83.2 cm³/mol. The number of amides is 1. The van der Waals surface area contributed by atoms with Crippen LogP contribution in [0, 0.1) is 0 Å². The largest absolute Gasteiger partial charge is 0.397 e. The van der Waals surface area contributed by atoms with E-state index in [1.807, 2.05) is 13.0 Å². The fourth-order valence-corrected chi connectivity index (χ4v) is 2.25. The monoisotopic (exact) mass is 279 g/mol. The summed E-state index contributed by atoms with van der Waals surface area (Å²) in [7, 11) is 1.68. The van der Waals surface area contributed by atoms with Crippen LogP contribution >= 0.6 is 0 Å². The number of rotatable bonds is 7. The van der Waals surface area contributed by atoms with Crippen LogP contribution in [0.25, 0.3) is 0 Å². The van der Waals surface area contributed by atoms with Crippen molar-refractivity contribution in [2.24, 2.45) is 0 Å². The van der Waals surface area contributed by atoms with Gasteiger partial charge in [0.05, 0.1) is 18.0 Å². The molecular weight excluding hydrogens is 254 g/mol. The minimum Gasteiger partial charge on any atom is -0.397 e. The number of benzene rings is 1. The number of carbonyl (C=O) groups excluding carboxylic acids is 1. The molecular formula is C15H25N3O2. The Morgan fingerprint density at radius 2 is 2.15 bits per heavy atom. The van der Waals surface area contributed by atoms with Crippen molar-refractivity contribution in [1.29, 1.82) is 0 Å². The average molecular weight is 279 g/mol. The van der Waals surface area contributed by atoms with Gasteiger partial charge in [-0.05, 0) is 39.0 Å². The zero-order chi connectivity index (χ0) is 15.1. The fraction of sp³-hybridized carbons (Fsp3) is 0.533. The van der Waals surface area contributed by atoms with Crippen molar-refractivity contribution in [2.75, 3.05) is 37.4 Å². The van der Waals surface area contributed by atoms with Crippen LogP contribution in [-0.2, 0) is 4.74 Å². The molecule has 1 rings (SSSR count). The summed E-state index contributed by atoms with van der Waals surface area (Å²) < 4.78 is 5.20. The minimum atomic E-state index is -0.0794. The summed E-state index contributed by atoms with van der Waals surface area (Å²) in [4.78, 5) is 14.1. The van der Waals surface area contributed by atoms with Crippen molar-refractivity contribution in [3.63, 3.8) is 0 Å². The highest BCUT2D eigenvalue weighted by Gasteiger charge is 2.17. The summed E-state index contributed by atoms with van der Waals surface area (Å²) in [6, 6.07) is 5.56. The average Bonchev–Trinajstić information content (AvgIpc) is 2.42. The summed E-state index contributed by atoms with van der Waals surface area (Å²) in [5.74, 6) is -0.0794. The van der Waals surface area contributed by atoms with Gasteiger partial charge in [-0.3, -0.25) is 4.79 Å². The SMILES string of the molecule is CCNC(=O)c1ccc(N)c(N(CC)C(C)COC)c1. The zero-order valence-corrected chi connectivity index (χ0v) is 12.8. The van der Waals surface area contributed by atoms with E-state index in [1.165, 1.54) is 0 Å². The summed E-state index contributed by atoms with van der Waals surface area (Å²) >= 11 is 0. The number of likely N-dealkylation sites (N-methyl/N-ethyl adjacent to an activating group) is 1. The van der Waals surface area contributed by atoms with Crippen LogP contribution in [0.5, 0.6) is 0 Å². The second kappa shape index (κ2) is 7.75. The van der Waals surface area contributed by atoms with Crippen molar-refractivity contribution in [1.82, 2.24) is 5.32 Å². The van der Waals surface area contributed by atoms with E-state index in [0.717, 1.165) is 12.2 Å². The van der Waals surface area contributed by atoms with Crippen molar-refractivity contribution < 1.29 is 9.53 Å². The third kappa shape index (κ3) is 3.87. The predicted octanol–water partition coefficient (Wildman–Crippen LogP) is 1.88. The lowest BCUT2D eigenvalue weighted by Crippen LogP contribution is -2.36. The van der Waals surface area contributed by atoms with Gasteiger partial charge in [-0.15, -0.1) is 0 Å². The quantitative estimate of drug-likeness (QED) is 0.748. The first kappa shape index (κ1) is 16.3. The number of nitrogens with two attached hydrogens (primary N) is 1. The number of methoxy groups -OCH3 is 1. The van der Waals surface area contributed by atoms with E-state index in [1.54, 1.807) is 19.2 Å². The van der Waals surface area contributed by atoms with Gasteiger partial charge in [-0.1, -0.05) is 0 Å². The first-order valence-corrected chi connectivity index (χ1v) is 6.98. The Kier molecular flexibility index (Phi) is 6.31. The lowest BCUT2D eigenvalue weighted by Gasteiger charge is -2.31.